The Hall–Kier alpha value is -1.36. The standard InChI is InChI=1S/C14H24N2O3/c1-3-4-11(12(17)18)16-13(19)14(9-15)7-5-10(2)6-8-14/h3,10-11H,1,4-9,15H2,2H3,(H,16,19)(H,17,18). The van der Waals surface area contributed by atoms with E-state index in [1.165, 1.54) is 6.08 Å². The summed E-state index contributed by atoms with van der Waals surface area (Å²) in [5.41, 5.74) is 5.19. The molecule has 0 radical (unpaired) electrons. The van der Waals surface area contributed by atoms with Crippen molar-refractivity contribution in [2.24, 2.45) is 17.1 Å². The Morgan fingerprint density at radius 1 is 1.53 bits per heavy atom. The second kappa shape index (κ2) is 6.70. The molecule has 5 heteroatoms. The van der Waals surface area contributed by atoms with Gasteiger partial charge < -0.3 is 16.2 Å². The van der Waals surface area contributed by atoms with E-state index in [2.05, 4.69) is 18.8 Å². The Labute approximate surface area is 114 Å². The maximum Gasteiger partial charge on any atom is 0.326 e. The zero-order chi connectivity index (χ0) is 14.5. The van der Waals surface area contributed by atoms with Crippen LogP contribution in [0, 0.1) is 11.3 Å². The molecule has 0 aromatic rings. The second-order valence-electron chi connectivity index (χ2n) is 5.56. The van der Waals surface area contributed by atoms with Crippen molar-refractivity contribution < 1.29 is 14.7 Å². The fraction of sp³-hybridized carbons (Fsp3) is 0.714. The molecular formula is C14H24N2O3. The highest BCUT2D eigenvalue weighted by molar-refractivity contribution is 5.87. The number of rotatable bonds is 6. The van der Waals surface area contributed by atoms with E-state index >= 15 is 0 Å². The first-order valence-electron chi connectivity index (χ1n) is 6.80. The summed E-state index contributed by atoms with van der Waals surface area (Å²) in [4.78, 5) is 23.4. The van der Waals surface area contributed by atoms with E-state index in [9.17, 15) is 9.59 Å². The number of aliphatic carboxylic acids is 1. The number of nitrogens with two attached hydrogens (primary N) is 1. The molecule has 0 bridgehead atoms. The van der Waals surface area contributed by atoms with Crippen LogP contribution < -0.4 is 11.1 Å². The molecule has 0 saturated heterocycles. The largest absolute Gasteiger partial charge is 0.480 e. The van der Waals surface area contributed by atoms with Crippen molar-refractivity contribution >= 4 is 11.9 Å². The van der Waals surface area contributed by atoms with Gasteiger partial charge in [-0.15, -0.1) is 6.58 Å². The lowest BCUT2D eigenvalue weighted by Gasteiger charge is -2.37. The highest BCUT2D eigenvalue weighted by atomic mass is 16.4. The van der Waals surface area contributed by atoms with Crippen LogP contribution in [-0.4, -0.2) is 29.6 Å². The molecule has 19 heavy (non-hydrogen) atoms. The van der Waals surface area contributed by atoms with Crippen LogP contribution in [0.25, 0.3) is 0 Å². The van der Waals surface area contributed by atoms with Crippen LogP contribution in [0.2, 0.25) is 0 Å². The molecule has 0 spiro atoms. The van der Waals surface area contributed by atoms with Gasteiger partial charge in [-0.3, -0.25) is 4.79 Å². The van der Waals surface area contributed by atoms with Gasteiger partial charge in [-0.1, -0.05) is 13.0 Å². The van der Waals surface area contributed by atoms with Crippen LogP contribution >= 0.6 is 0 Å². The van der Waals surface area contributed by atoms with Crippen LogP contribution in [0.5, 0.6) is 0 Å². The molecule has 1 aliphatic carbocycles. The van der Waals surface area contributed by atoms with Crippen molar-refractivity contribution in [2.45, 2.75) is 45.1 Å². The monoisotopic (exact) mass is 268 g/mol. The average molecular weight is 268 g/mol. The number of carbonyl (C=O) groups excluding carboxylic acids is 1. The molecule has 108 valence electrons. The van der Waals surface area contributed by atoms with Crippen molar-refractivity contribution in [1.29, 1.82) is 0 Å². The van der Waals surface area contributed by atoms with Crippen LogP contribution in [-0.2, 0) is 9.59 Å². The fourth-order valence-corrected chi connectivity index (χ4v) is 2.54. The minimum absolute atomic E-state index is 0.220. The second-order valence-corrected chi connectivity index (χ2v) is 5.56. The molecule has 5 nitrogen and oxygen atoms in total. The Kier molecular flexibility index (Phi) is 5.54. The van der Waals surface area contributed by atoms with Gasteiger partial charge in [0.25, 0.3) is 0 Å². The number of hydrogen-bond acceptors (Lipinski definition) is 3. The van der Waals surface area contributed by atoms with Gasteiger partial charge in [0.1, 0.15) is 6.04 Å². The van der Waals surface area contributed by atoms with E-state index in [0.29, 0.717) is 5.92 Å². The molecule has 1 saturated carbocycles. The number of carboxylic acid groups (broad SMARTS) is 1. The van der Waals surface area contributed by atoms with Crippen molar-refractivity contribution in [1.82, 2.24) is 5.32 Å². The predicted molar refractivity (Wildman–Crippen MR) is 73.5 cm³/mol. The van der Waals surface area contributed by atoms with Gasteiger partial charge in [0.15, 0.2) is 0 Å². The van der Waals surface area contributed by atoms with Gasteiger partial charge in [0.2, 0.25) is 5.91 Å². The summed E-state index contributed by atoms with van der Waals surface area (Å²) in [5, 5.41) is 11.7. The SMILES string of the molecule is C=CCC(NC(=O)C1(CN)CCC(C)CC1)C(=O)O. The summed E-state index contributed by atoms with van der Waals surface area (Å²) in [7, 11) is 0. The van der Waals surface area contributed by atoms with Crippen molar-refractivity contribution in [3.63, 3.8) is 0 Å². The van der Waals surface area contributed by atoms with E-state index in [-0.39, 0.29) is 18.9 Å². The summed E-state index contributed by atoms with van der Waals surface area (Å²) < 4.78 is 0. The summed E-state index contributed by atoms with van der Waals surface area (Å²) in [6, 6.07) is -0.909. The molecule has 0 aromatic heterocycles. The minimum Gasteiger partial charge on any atom is -0.480 e. The van der Waals surface area contributed by atoms with E-state index in [1.807, 2.05) is 0 Å². The average Bonchev–Trinajstić information content (AvgIpc) is 2.39. The molecule has 1 atom stereocenters. The quantitative estimate of drug-likeness (QED) is 0.633. The van der Waals surface area contributed by atoms with Gasteiger partial charge in [-0.05, 0) is 38.0 Å². The molecule has 0 aliphatic heterocycles. The smallest absolute Gasteiger partial charge is 0.326 e. The van der Waals surface area contributed by atoms with Crippen molar-refractivity contribution in [3.05, 3.63) is 12.7 Å². The van der Waals surface area contributed by atoms with Crippen LogP contribution in [0.1, 0.15) is 39.0 Å². The third kappa shape index (κ3) is 3.80. The maximum atomic E-state index is 12.4. The Balaban J connectivity index is 2.73. The number of carbonyl (C=O) groups is 2. The van der Waals surface area contributed by atoms with Gasteiger partial charge in [-0.2, -0.15) is 0 Å². The van der Waals surface area contributed by atoms with Gasteiger partial charge >= 0.3 is 5.97 Å². The molecule has 1 rings (SSSR count). The Morgan fingerprint density at radius 2 is 2.11 bits per heavy atom. The molecule has 1 fully saturated rings. The topological polar surface area (TPSA) is 92.4 Å². The number of hydrogen-bond donors (Lipinski definition) is 3. The molecule has 0 aromatic carbocycles. The Morgan fingerprint density at radius 3 is 2.53 bits per heavy atom. The normalized spacial score (nSPS) is 28.4. The molecule has 0 heterocycles. The van der Waals surface area contributed by atoms with Crippen molar-refractivity contribution in [2.75, 3.05) is 6.54 Å². The molecular weight excluding hydrogens is 244 g/mol. The zero-order valence-corrected chi connectivity index (χ0v) is 11.5. The van der Waals surface area contributed by atoms with Crippen LogP contribution in [0.3, 0.4) is 0 Å². The predicted octanol–water partition coefficient (Wildman–Crippen LogP) is 1.29. The van der Waals surface area contributed by atoms with Gasteiger partial charge in [0.05, 0.1) is 5.41 Å². The third-order valence-electron chi connectivity index (χ3n) is 4.11. The number of nitrogens with one attached hydrogen (secondary N) is 1. The van der Waals surface area contributed by atoms with Gasteiger partial charge in [0, 0.05) is 6.54 Å². The first-order valence-corrected chi connectivity index (χ1v) is 6.80. The fourth-order valence-electron chi connectivity index (χ4n) is 2.54. The lowest BCUT2D eigenvalue weighted by Crippen LogP contribution is -2.52. The van der Waals surface area contributed by atoms with Gasteiger partial charge in [-0.25, -0.2) is 4.79 Å². The lowest BCUT2D eigenvalue weighted by atomic mass is 9.70. The van der Waals surface area contributed by atoms with Crippen LogP contribution in [0.4, 0.5) is 0 Å². The summed E-state index contributed by atoms with van der Waals surface area (Å²) in [5.74, 6) is -0.656. The summed E-state index contributed by atoms with van der Waals surface area (Å²) >= 11 is 0. The Bertz CT molecular complexity index is 347. The molecule has 1 aliphatic rings. The highest BCUT2D eigenvalue weighted by Crippen LogP contribution is 2.38. The van der Waals surface area contributed by atoms with E-state index in [0.717, 1.165) is 25.7 Å². The van der Waals surface area contributed by atoms with Crippen molar-refractivity contribution in [3.8, 4) is 0 Å². The molecule has 1 amide bonds. The first kappa shape index (κ1) is 15.7. The molecule has 4 N–H and O–H groups in total. The first-order chi connectivity index (χ1) is 8.95. The highest BCUT2D eigenvalue weighted by Gasteiger charge is 2.41. The summed E-state index contributed by atoms with van der Waals surface area (Å²) in [6.07, 6.45) is 5.11. The van der Waals surface area contributed by atoms with E-state index < -0.39 is 17.4 Å². The summed E-state index contributed by atoms with van der Waals surface area (Å²) in [6.45, 7) is 5.94. The van der Waals surface area contributed by atoms with Crippen LogP contribution in [0.15, 0.2) is 12.7 Å². The number of amides is 1. The lowest BCUT2D eigenvalue weighted by molar-refractivity contribution is -0.144. The third-order valence-corrected chi connectivity index (χ3v) is 4.11. The molecule has 1 unspecified atom stereocenters. The zero-order valence-electron chi connectivity index (χ0n) is 11.5. The van der Waals surface area contributed by atoms with E-state index in [4.69, 9.17) is 10.8 Å². The maximum absolute atomic E-state index is 12.4. The minimum atomic E-state index is -1.04. The number of carboxylic acids is 1. The van der Waals surface area contributed by atoms with E-state index in [1.54, 1.807) is 0 Å².